The number of aromatic nitrogens is 2. The van der Waals surface area contributed by atoms with E-state index in [1.807, 2.05) is 6.07 Å². The van der Waals surface area contributed by atoms with E-state index in [4.69, 9.17) is 4.42 Å². The van der Waals surface area contributed by atoms with Crippen LogP contribution < -0.4 is 10.0 Å². The lowest BCUT2D eigenvalue weighted by Crippen LogP contribution is -2.13. The van der Waals surface area contributed by atoms with E-state index in [0.717, 1.165) is 0 Å². The van der Waals surface area contributed by atoms with E-state index in [-0.39, 0.29) is 22.7 Å². The monoisotopic (exact) mass is 358 g/mol. The fourth-order valence-corrected chi connectivity index (χ4v) is 2.98. The first-order chi connectivity index (χ1) is 11.9. The summed E-state index contributed by atoms with van der Waals surface area (Å²) in [6.07, 6.45) is 0. The molecule has 0 spiro atoms. The molecular formula is C16H14N4O4S. The van der Waals surface area contributed by atoms with Crippen LogP contribution in [0.15, 0.2) is 63.9 Å². The molecule has 0 saturated heterocycles. The lowest BCUT2D eigenvalue weighted by atomic mass is 10.2. The Hall–Kier alpha value is -3.20. The molecule has 0 unspecified atom stereocenters. The number of hydrogen-bond acceptors (Lipinski definition) is 6. The van der Waals surface area contributed by atoms with Crippen molar-refractivity contribution in [2.24, 2.45) is 0 Å². The van der Waals surface area contributed by atoms with Crippen LogP contribution in [0.1, 0.15) is 6.92 Å². The van der Waals surface area contributed by atoms with Gasteiger partial charge in [-0.3, -0.25) is 4.79 Å². The van der Waals surface area contributed by atoms with Gasteiger partial charge in [-0.2, -0.15) is 0 Å². The van der Waals surface area contributed by atoms with Crippen LogP contribution >= 0.6 is 0 Å². The number of carbonyl (C=O) groups excluding carboxylic acids is 1. The SMILES string of the molecule is CC(=O)Nc1ccc(S(=O)(=O)Nc2nnc(-c3ccccc3)o2)cc1. The lowest BCUT2D eigenvalue weighted by Gasteiger charge is -2.06. The molecule has 8 nitrogen and oxygen atoms in total. The standard InChI is InChI=1S/C16H14N4O4S/c1-11(21)17-13-7-9-14(10-8-13)25(22,23)20-16-19-18-15(24-16)12-5-3-2-4-6-12/h2-10H,1H3,(H,17,21)(H,19,20). The summed E-state index contributed by atoms with van der Waals surface area (Å²) in [5, 5.41) is 10.1. The number of sulfonamides is 1. The van der Waals surface area contributed by atoms with E-state index < -0.39 is 10.0 Å². The second-order valence-electron chi connectivity index (χ2n) is 5.09. The van der Waals surface area contributed by atoms with Gasteiger partial charge in [0, 0.05) is 18.2 Å². The van der Waals surface area contributed by atoms with Crippen LogP contribution in [0.25, 0.3) is 11.5 Å². The number of nitrogens with zero attached hydrogens (tertiary/aromatic N) is 2. The summed E-state index contributed by atoms with van der Waals surface area (Å²) in [5.74, 6) is -0.0349. The third-order valence-electron chi connectivity index (χ3n) is 3.15. The molecule has 1 heterocycles. The van der Waals surface area contributed by atoms with Gasteiger partial charge in [-0.15, -0.1) is 5.10 Å². The smallest absolute Gasteiger partial charge is 0.330 e. The summed E-state index contributed by atoms with van der Waals surface area (Å²) >= 11 is 0. The summed E-state index contributed by atoms with van der Waals surface area (Å²) in [6, 6.07) is 14.5. The van der Waals surface area contributed by atoms with E-state index in [2.05, 4.69) is 20.2 Å². The third kappa shape index (κ3) is 4.01. The van der Waals surface area contributed by atoms with Gasteiger partial charge in [0.15, 0.2) is 0 Å². The van der Waals surface area contributed by atoms with Crippen molar-refractivity contribution in [2.75, 3.05) is 10.0 Å². The zero-order valence-electron chi connectivity index (χ0n) is 13.1. The molecule has 2 N–H and O–H groups in total. The van der Waals surface area contributed by atoms with Gasteiger partial charge in [-0.05, 0) is 36.4 Å². The van der Waals surface area contributed by atoms with Gasteiger partial charge in [-0.25, -0.2) is 13.1 Å². The largest absolute Gasteiger partial charge is 0.403 e. The molecule has 3 rings (SSSR count). The molecule has 128 valence electrons. The molecule has 3 aromatic rings. The number of hydrogen-bond donors (Lipinski definition) is 2. The van der Waals surface area contributed by atoms with Crippen LogP contribution in [0.5, 0.6) is 0 Å². The molecule has 0 fully saturated rings. The molecule has 25 heavy (non-hydrogen) atoms. The number of nitrogens with one attached hydrogen (secondary N) is 2. The molecule has 2 aromatic carbocycles. The maximum absolute atomic E-state index is 12.4. The summed E-state index contributed by atoms with van der Waals surface area (Å²) in [4.78, 5) is 11.0. The highest BCUT2D eigenvalue weighted by molar-refractivity contribution is 7.92. The minimum atomic E-state index is -3.89. The number of carbonyl (C=O) groups is 1. The first-order valence-corrected chi connectivity index (χ1v) is 8.72. The average molecular weight is 358 g/mol. The predicted molar refractivity (Wildman–Crippen MR) is 91.3 cm³/mol. The molecule has 0 aliphatic heterocycles. The molecule has 0 atom stereocenters. The second-order valence-corrected chi connectivity index (χ2v) is 6.77. The molecule has 1 amide bonds. The van der Waals surface area contributed by atoms with E-state index >= 15 is 0 Å². The van der Waals surface area contributed by atoms with Crippen molar-refractivity contribution in [1.82, 2.24) is 10.2 Å². The summed E-state index contributed by atoms with van der Waals surface area (Å²) in [5.41, 5.74) is 1.18. The quantitative estimate of drug-likeness (QED) is 0.724. The topological polar surface area (TPSA) is 114 Å². The van der Waals surface area contributed by atoms with Gasteiger partial charge in [-0.1, -0.05) is 23.3 Å². The van der Waals surface area contributed by atoms with Crippen LogP contribution in [-0.4, -0.2) is 24.5 Å². The van der Waals surface area contributed by atoms with Crippen LogP contribution in [0.3, 0.4) is 0 Å². The minimum absolute atomic E-state index is 0.000984. The van der Waals surface area contributed by atoms with E-state index in [0.29, 0.717) is 11.3 Å². The highest BCUT2D eigenvalue weighted by Gasteiger charge is 2.18. The number of amides is 1. The predicted octanol–water partition coefficient (Wildman–Crippen LogP) is 2.50. The van der Waals surface area contributed by atoms with Crippen molar-refractivity contribution >= 4 is 27.6 Å². The van der Waals surface area contributed by atoms with Gasteiger partial charge in [0.25, 0.3) is 10.0 Å². The number of rotatable bonds is 5. The zero-order chi connectivity index (χ0) is 17.9. The van der Waals surface area contributed by atoms with E-state index in [9.17, 15) is 13.2 Å². The fraction of sp³-hybridized carbons (Fsp3) is 0.0625. The molecule has 0 saturated carbocycles. The van der Waals surface area contributed by atoms with Crippen molar-refractivity contribution in [1.29, 1.82) is 0 Å². The second kappa shape index (κ2) is 6.73. The van der Waals surface area contributed by atoms with Gasteiger partial charge in [0.05, 0.1) is 4.90 Å². The maximum Gasteiger partial charge on any atom is 0.330 e. The number of anilines is 2. The maximum atomic E-state index is 12.4. The van der Waals surface area contributed by atoms with Crippen molar-refractivity contribution in [3.05, 3.63) is 54.6 Å². The van der Waals surface area contributed by atoms with Crippen molar-refractivity contribution < 1.29 is 17.6 Å². The fourth-order valence-electron chi connectivity index (χ4n) is 2.06. The highest BCUT2D eigenvalue weighted by atomic mass is 32.2. The van der Waals surface area contributed by atoms with E-state index in [1.165, 1.54) is 31.2 Å². The number of benzene rings is 2. The minimum Gasteiger partial charge on any atom is -0.403 e. The van der Waals surface area contributed by atoms with Crippen LogP contribution in [0, 0.1) is 0 Å². The Morgan fingerprint density at radius 3 is 2.32 bits per heavy atom. The van der Waals surface area contributed by atoms with Gasteiger partial charge in [0.1, 0.15) is 0 Å². The van der Waals surface area contributed by atoms with Gasteiger partial charge >= 0.3 is 6.01 Å². The Bertz CT molecular complexity index is 982. The van der Waals surface area contributed by atoms with Gasteiger partial charge < -0.3 is 9.73 Å². The molecular weight excluding hydrogens is 344 g/mol. The molecule has 9 heteroatoms. The Morgan fingerprint density at radius 1 is 1.00 bits per heavy atom. The molecule has 1 aromatic heterocycles. The first kappa shape index (κ1) is 16.7. The Morgan fingerprint density at radius 2 is 1.68 bits per heavy atom. The third-order valence-corrected chi connectivity index (χ3v) is 4.49. The van der Waals surface area contributed by atoms with Crippen LogP contribution in [-0.2, 0) is 14.8 Å². The zero-order valence-corrected chi connectivity index (χ0v) is 13.9. The molecule has 0 radical (unpaired) electrons. The van der Waals surface area contributed by atoms with E-state index in [1.54, 1.807) is 24.3 Å². The van der Waals surface area contributed by atoms with Crippen molar-refractivity contribution in [2.45, 2.75) is 11.8 Å². The summed E-state index contributed by atoms with van der Waals surface area (Å²) in [6.45, 7) is 1.37. The Labute approximate surface area is 143 Å². The molecule has 0 aliphatic rings. The van der Waals surface area contributed by atoms with Crippen LogP contribution in [0.2, 0.25) is 0 Å². The lowest BCUT2D eigenvalue weighted by molar-refractivity contribution is -0.114. The summed E-state index contributed by atoms with van der Waals surface area (Å²) in [7, 11) is -3.89. The summed E-state index contributed by atoms with van der Waals surface area (Å²) < 4.78 is 32.3. The van der Waals surface area contributed by atoms with Crippen molar-refractivity contribution in [3.8, 4) is 11.5 Å². The van der Waals surface area contributed by atoms with Crippen LogP contribution in [0.4, 0.5) is 11.7 Å². The highest BCUT2D eigenvalue weighted by Crippen LogP contribution is 2.22. The normalized spacial score (nSPS) is 11.1. The molecule has 0 bridgehead atoms. The Balaban J connectivity index is 1.78. The van der Waals surface area contributed by atoms with Gasteiger partial charge in [0.2, 0.25) is 11.8 Å². The molecule has 0 aliphatic carbocycles. The first-order valence-electron chi connectivity index (χ1n) is 7.23. The Kier molecular flexibility index (Phi) is 4.48. The average Bonchev–Trinajstić information content (AvgIpc) is 3.03. The van der Waals surface area contributed by atoms with Crippen molar-refractivity contribution in [3.63, 3.8) is 0 Å².